The number of methoxy groups -OCH3 is 1. The van der Waals surface area contributed by atoms with E-state index in [1.807, 2.05) is 6.07 Å². The average molecular weight is 368 g/mol. The smallest absolute Gasteiger partial charge is 0.293 e. The first kappa shape index (κ1) is 19.9. The Balaban J connectivity index is 2.18. The summed E-state index contributed by atoms with van der Waals surface area (Å²) >= 11 is 0. The molecule has 2 rings (SSSR count). The van der Waals surface area contributed by atoms with Crippen LogP contribution in [-0.4, -0.2) is 43.0 Å². The number of amides is 1. The molecule has 8 nitrogen and oxygen atoms in total. The largest absolute Gasteiger partial charge is 0.383 e. The molecule has 0 aliphatic rings. The molecule has 2 aromatic rings. The standard InChI is InChI=1S/C19H20N4O4/c1-22(13-15-5-3-4-14(10-15)12-20)19(24)16-6-7-17(21-8-9-27-2)18(11-16)23(25)26/h3-7,10-11,21H,8-9,13H2,1-2H3. The van der Waals surface area contributed by atoms with Gasteiger partial charge in [0, 0.05) is 38.9 Å². The number of hydrogen-bond donors (Lipinski definition) is 1. The number of benzene rings is 2. The fraction of sp³-hybridized carbons (Fsp3) is 0.263. The van der Waals surface area contributed by atoms with E-state index >= 15 is 0 Å². The Hall–Kier alpha value is -3.44. The van der Waals surface area contributed by atoms with Crippen LogP contribution in [0.25, 0.3) is 0 Å². The minimum Gasteiger partial charge on any atom is -0.383 e. The van der Waals surface area contributed by atoms with E-state index in [0.717, 1.165) is 5.56 Å². The molecular weight excluding hydrogens is 348 g/mol. The number of anilines is 1. The summed E-state index contributed by atoms with van der Waals surface area (Å²) in [7, 11) is 3.15. The van der Waals surface area contributed by atoms with Gasteiger partial charge in [-0.3, -0.25) is 14.9 Å². The maximum Gasteiger partial charge on any atom is 0.293 e. The zero-order chi connectivity index (χ0) is 19.8. The molecule has 0 spiro atoms. The minimum atomic E-state index is -0.525. The Labute approximate surface area is 157 Å². The maximum atomic E-state index is 12.6. The molecule has 140 valence electrons. The van der Waals surface area contributed by atoms with Gasteiger partial charge < -0.3 is 15.0 Å². The third-order valence-electron chi connectivity index (χ3n) is 3.89. The van der Waals surface area contributed by atoms with Crippen LogP contribution >= 0.6 is 0 Å². The number of rotatable bonds is 8. The molecule has 0 heterocycles. The highest BCUT2D eigenvalue weighted by Crippen LogP contribution is 2.26. The molecule has 0 fully saturated rings. The second kappa shape index (κ2) is 9.31. The van der Waals surface area contributed by atoms with E-state index in [1.54, 1.807) is 38.4 Å². The second-order valence-electron chi connectivity index (χ2n) is 5.88. The van der Waals surface area contributed by atoms with Crippen molar-refractivity contribution in [1.82, 2.24) is 4.90 Å². The third kappa shape index (κ3) is 5.26. The van der Waals surface area contributed by atoms with Crippen molar-refractivity contribution in [2.24, 2.45) is 0 Å². The van der Waals surface area contributed by atoms with Crippen molar-refractivity contribution in [3.8, 4) is 6.07 Å². The highest BCUT2D eigenvalue weighted by molar-refractivity contribution is 5.95. The van der Waals surface area contributed by atoms with E-state index < -0.39 is 4.92 Å². The Morgan fingerprint density at radius 3 is 2.78 bits per heavy atom. The first-order valence-electron chi connectivity index (χ1n) is 8.22. The Kier molecular flexibility index (Phi) is 6.86. The van der Waals surface area contributed by atoms with Gasteiger partial charge in [-0.1, -0.05) is 12.1 Å². The van der Waals surface area contributed by atoms with E-state index in [9.17, 15) is 14.9 Å². The fourth-order valence-corrected chi connectivity index (χ4v) is 2.56. The van der Waals surface area contributed by atoms with Crippen molar-refractivity contribution in [3.63, 3.8) is 0 Å². The summed E-state index contributed by atoms with van der Waals surface area (Å²) < 4.78 is 4.92. The van der Waals surface area contributed by atoms with Gasteiger partial charge in [-0.25, -0.2) is 0 Å². The molecule has 1 amide bonds. The van der Waals surface area contributed by atoms with Crippen LogP contribution in [0.1, 0.15) is 21.5 Å². The van der Waals surface area contributed by atoms with Crippen molar-refractivity contribution in [3.05, 3.63) is 69.3 Å². The monoisotopic (exact) mass is 368 g/mol. The molecule has 27 heavy (non-hydrogen) atoms. The molecule has 0 bridgehead atoms. The first-order valence-corrected chi connectivity index (χ1v) is 8.22. The number of carbonyl (C=O) groups is 1. The van der Waals surface area contributed by atoms with Gasteiger partial charge in [0.15, 0.2) is 0 Å². The van der Waals surface area contributed by atoms with Gasteiger partial charge in [0.1, 0.15) is 5.69 Å². The number of nitro groups is 1. The lowest BCUT2D eigenvalue weighted by atomic mass is 10.1. The van der Waals surface area contributed by atoms with Gasteiger partial charge in [-0.05, 0) is 29.8 Å². The van der Waals surface area contributed by atoms with Gasteiger partial charge in [0.25, 0.3) is 11.6 Å². The Morgan fingerprint density at radius 2 is 2.11 bits per heavy atom. The van der Waals surface area contributed by atoms with Crippen molar-refractivity contribution in [2.75, 3.05) is 32.6 Å². The van der Waals surface area contributed by atoms with Gasteiger partial charge in [-0.2, -0.15) is 5.26 Å². The van der Waals surface area contributed by atoms with E-state index in [1.165, 1.54) is 17.0 Å². The normalized spacial score (nSPS) is 10.1. The van der Waals surface area contributed by atoms with Crippen LogP contribution < -0.4 is 5.32 Å². The van der Waals surface area contributed by atoms with E-state index in [4.69, 9.17) is 10.00 Å². The molecule has 1 N–H and O–H groups in total. The van der Waals surface area contributed by atoms with E-state index in [2.05, 4.69) is 11.4 Å². The number of nitriles is 1. The summed E-state index contributed by atoms with van der Waals surface area (Å²) in [5.74, 6) is -0.344. The zero-order valence-electron chi connectivity index (χ0n) is 15.1. The van der Waals surface area contributed by atoms with Crippen LogP contribution in [-0.2, 0) is 11.3 Å². The quantitative estimate of drug-likeness (QED) is 0.436. The molecule has 8 heteroatoms. The number of hydrogen-bond acceptors (Lipinski definition) is 6. The minimum absolute atomic E-state index is 0.170. The van der Waals surface area contributed by atoms with Crippen molar-refractivity contribution >= 4 is 17.3 Å². The molecule has 0 unspecified atom stereocenters. The van der Waals surface area contributed by atoms with Crippen LogP contribution in [0, 0.1) is 21.4 Å². The molecule has 0 saturated carbocycles. The molecule has 0 saturated heterocycles. The third-order valence-corrected chi connectivity index (χ3v) is 3.89. The number of ether oxygens (including phenoxy) is 1. The zero-order valence-corrected chi connectivity index (χ0v) is 15.1. The molecule has 0 aliphatic carbocycles. The van der Waals surface area contributed by atoms with Gasteiger partial charge in [-0.15, -0.1) is 0 Å². The summed E-state index contributed by atoms with van der Waals surface area (Å²) in [4.78, 5) is 24.9. The Bertz CT molecular complexity index is 876. The highest BCUT2D eigenvalue weighted by Gasteiger charge is 2.19. The SMILES string of the molecule is COCCNc1ccc(C(=O)N(C)Cc2cccc(C#N)c2)cc1[N+](=O)[O-]. The lowest BCUT2D eigenvalue weighted by Crippen LogP contribution is -2.26. The van der Waals surface area contributed by atoms with Crippen molar-refractivity contribution < 1.29 is 14.5 Å². The van der Waals surface area contributed by atoms with Gasteiger partial charge >= 0.3 is 0 Å². The molecular formula is C19H20N4O4. The average Bonchev–Trinajstić information content (AvgIpc) is 2.67. The predicted molar refractivity (Wildman–Crippen MR) is 100 cm³/mol. The summed E-state index contributed by atoms with van der Waals surface area (Å²) in [5.41, 5.74) is 1.69. The predicted octanol–water partition coefficient (Wildman–Crippen LogP) is 2.80. The highest BCUT2D eigenvalue weighted by atomic mass is 16.6. The fourth-order valence-electron chi connectivity index (χ4n) is 2.56. The first-order chi connectivity index (χ1) is 13.0. The maximum absolute atomic E-state index is 12.6. The second-order valence-corrected chi connectivity index (χ2v) is 5.88. The molecule has 0 radical (unpaired) electrons. The molecule has 0 aliphatic heterocycles. The van der Waals surface area contributed by atoms with Crippen LogP contribution in [0.5, 0.6) is 0 Å². The van der Waals surface area contributed by atoms with Gasteiger partial charge in [0.05, 0.1) is 23.2 Å². The van der Waals surface area contributed by atoms with Crippen molar-refractivity contribution in [1.29, 1.82) is 5.26 Å². The number of nitrogens with one attached hydrogen (secondary N) is 1. The Morgan fingerprint density at radius 1 is 1.33 bits per heavy atom. The van der Waals surface area contributed by atoms with E-state index in [-0.39, 0.29) is 23.7 Å². The number of nitrogens with zero attached hydrogens (tertiary/aromatic N) is 3. The van der Waals surface area contributed by atoms with Crippen LogP contribution in [0.4, 0.5) is 11.4 Å². The van der Waals surface area contributed by atoms with E-state index in [0.29, 0.717) is 24.4 Å². The molecule has 0 aromatic heterocycles. The summed E-state index contributed by atoms with van der Waals surface area (Å²) in [5, 5.41) is 23.2. The summed E-state index contributed by atoms with van der Waals surface area (Å²) in [6.07, 6.45) is 0. The lowest BCUT2D eigenvalue weighted by molar-refractivity contribution is -0.384. The van der Waals surface area contributed by atoms with Gasteiger partial charge in [0.2, 0.25) is 0 Å². The molecule has 0 atom stereocenters. The van der Waals surface area contributed by atoms with Crippen molar-refractivity contribution in [2.45, 2.75) is 6.54 Å². The summed E-state index contributed by atoms with van der Waals surface area (Å²) in [6.45, 7) is 1.11. The summed E-state index contributed by atoms with van der Waals surface area (Å²) in [6, 6.07) is 13.3. The topological polar surface area (TPSA) is 108 Å². The van der Waals surface area contributed by atoms with Crippen LogP contribution in [0.15, 0.2) is 42.5 Å². The van der Waals surface area contributed by atoms with Crippen LogP contribution in [0.2, 0.25) is 0 Å². The number of carbonyl (C=O) groups excluding carboxylic acids is 1. The van der Waals surface area contributed by atoms with Crippen LogP contribution in [0.3, 0.4) is 0 Å². The number of nitro benzene ring substituents is 1. The molecule has 2 aromatic carbocycles. The lowest BCUT2D eigenvalue weighted by Gasteiger charge is -2.18.